The van der Waals surface area contributed by atoms with E-state index in [1.54, 1.807) is 31.4 Å². The van der Waals surface area contributed by atoms with Gasteiger partial charge in [0.05, 0.1) is 19.9 Å². The maximum absolute atomic E-state index is 12.5. The number of aromatic nitrogens is 1. The number of benzene rings is 1. The summed E-state index contributed by atoms with van der Waals surface area (Å²) in [6, 6.07) is 8.12. The molecule has 1 aromatic carbocycles. The fourth-order valence-electron chi connectivity index (χ4n) is 2.19. The third-order valence-electron chi connectivity index (χ3n) is 3.90. The van der Waals surface area contributed by atoms with Gasteiger partial charge in [-0.2, -0.15) is 0 Å². The van der Waals surface area contributed by atoms with E-state index in [1.165, 1.54) is 19.4 Å². The Morgan fingerprint density at radius 2 is 1.88 bits per heavy atom. The highest BCUT2D eigenvalue weighted by Crippen LogP contribution is 2.29. The lowest BCUT2D eigenvalue weighted by Crippen LogP contribution is -2.32. The van der Waals surface area contributed by atoms with Crippen molar-refractivity contribution in [2.45, 2.75) is 26.3 Å². The molecule has 1 atom stereocenters. The molecule has 2 amide bonds. The lowest BCUT2D eigenvalue weighted by molar-refractivity contribution is 0.0934. The van der Waals surface area contributed by atoms with Crippen molar-refractivity contribution in [1.29, 1.82) is 0 Å². The standard InChI is InChI=1S/C19H23N3O4/c1-5-12(2)21-19(24)16-10-13(8-9-20-16)18(23)22-15-7-6-14(25-3)11-17(15)26-4/h6-12H,5H2,1-4H3,(H,21,24)(H,22,23). The topological polar surface area (TPSA) is 89.6 Å². The molecule has 0 saturated heterocycles. The Morgan fingerprint density at radius 1 is 1.12 bits per heavy atom. The number of anilines is 1. The van der Waals surface area contributed by atoms with Gasteiger partial charge in [0.25, 0.3) is 11.8 Å². The quantitative estimate of drug-likeness (QED) is 0.795. The number of carbonyl (C=O) groups excluding carboxylic acids is 2. The normalized spacial score (nSPS) is 11.4. The molecule has 1 unspecified atom stereocenters. The van der Waals surface area contributed by atoms with Gasteiger partial charge in [-0.25, -0.2) is 0 Å². The van der Waals surface area contributed by atoms with Crippen LogP contribution < -0.4 is 20.1 Å². The van der Waals surface area contributed by atoms with Gasteiger partial charge in [0.1, 0.15) is 17.2 Å². The molecule has 7 heteroatoms. The van der Waals surface area contributed by atoms with E-state index in [0.717, 1.165) is 6.42 Å². The highest BCUT2D eigenvalue weighted by Gasteiger charge is 2.15. The summed E-state index contributed by atoms with van der Waals surface area (Å²) in [6.45, 7) is 3.88. The van der Waals surface area contributed by atoms with Crippen LogP contribution in [0.1, 0.15) is 41.1 Å². The maximum atomic E-state index is 12.5. The molecular formula is C19H23N3O4. The van der Waals surface area contributed by atoms with E-state index in [0.29, 0.717) is 22.7 Å². The van der Waals surface area contributed by atoms with Crippen LogP contribution in [0, 0.1) is 0 Å². The number of nitrogens with one attached hydrogen (secondary N) is 2. The van der Waals surface area contributed by atoms with Crippen LogP contribution in [0.3, 0.4) is 0 Å². The van der Waals surface area contributed by atoms with Crippen molar-refractivity contribution in [3.8, 4) is 11.5 Å². The minimum absolute atomic E-state index is 0.0327. The summed E-state index contributed by atoms with van der Waals surface area (Å²) in [5.74, 6) is 0.415. The average Bonchev–Trinajstić information content (AvgIpc) is 2.68. The molecule has 0 aliphatic heterocycles. The van der Waals surface area contributed by atoms with Gasteiger partial charge in [0.2, 0.25) is 0 Å². The highest BCUT2D eigenvalue weighted by molar-refractivity contribution is 6.06. The first-order valence-electron chi connectivity index (χ1n) is 8.28. The molecule has 2 rings (SSSR count). The molecule has 0 fully saturated rings. The minimum Gasteiger partial charge on any atom is -0.497 e. The lowest BCUT2D eigenvalue weighted by atomic mass is 10.2. The number of amides is 2. The number of hydrogen-bond acceptors (Lipinski definition) is 5. The van der Waals surface area contributed by atoms with Crippen molar-refractivity contribution < 1.29 is 19.1 Å². The van der Waals surface area contributed by atoms with Gasteiger partial charge in [0, 0.05) is 23.9 Å². The number of rotatable bonds is 7. The molecule has 0 aliphatic rings. The van der Waals surface area contributed by atoms with Crippen molar-refractivity contribution in [3.63, 3.8) is 0 Å². The first-order valence-corrected chi connectivity index (χ1v) is 8.28. The summed E-state index contributed by atoms with van der Waals surface area (Å²) in [4.78, 5) is 28.8. The molecule has 0 spiro atoms. The molecule has 138 valence electrons. The number of carbonyl (C=O) groups is 2. The number of hydrogen-bond donors (Lipinski definition) is 2. The Bertz CT molecular complexity index is 792. The first-order chi connectivity index (χ1) is 12.5. The van der Waals surface area contributed by atoms with Crippen molar-refractivity contribution in [2.24, 2.45) is 0 Å². The molecule has 26 heavy (non-hydrogen) atoms. The van der Waals surface area contributed by atoms with Crippen LogP contribution in [0.25, 0.3) is 0 Å². The van der Waals surface area contributed by atoms with Crippen molar-refractivity contribution in [1.82, 2.24) is 10.3 Å². The van der Waals surface area contributed by atoms with E-state index < -0.39 is 0 Å². The van der Waals surface area contributed by atoms with Crippen LogP contribution in [0.2, 0.25) is 0 Å². The van der Waals surface area contributed by atoms with Crippen LogP contribution in [-0.2, 0) is 0 Å². The molecule has 0 radical (unpaired) electrons. The van der Waals surface area contributed by atoms with Crippen LogP contribution in [-0.4, -0.2) is 37.1 Å². The molecule has 1 aromatic heterocycles. The van der Waals surface area contributed by atoms with E-state index in [2.05, 4.69) is 15.6 Å². The zero-order chi connectivity index (χ0) is 19.1. The average molecular weight is 357 g/mol. The van der Waals surface area contributed by atoms with E-state index in [1.807, 2.05) is 13.8 Å². The van der Waals surface area contributed by atoms with Crippen molar-refractivity contribution in [2.75, 3.05) is 19.5 Å². The molecule has 2 N–H and O–H groups in total. The summed E-state index contributed by atoms with van der Waals surface area (Å²) in [6.07, 6.45) is 2.24. The SMILES string of the molecule is CCC(C)NC(=O)c1cc(C(=O)Nc2ccc(OC)cc2OC)ccn1. The van der Waals surface area contributed by atoms with Crippen LogP contribution in [0.4, 0.5) is 5.69 Å². The predicted molar refractivity (Wildman–Crippen MR) is 99.0 cm³/mol. The van der Waals surface area contributed by atoms with E-state index in [9.17, 15) is 9.59 Å². The monoisotopic (exact) mass is 357 g/mol. The number of pyridine rings is 1. The summed E-state index contributed by atoms with van der Waals surface area (Å²) >= 11 is 0. The highest BCUT2D eigenvalue weighted by atomic mass is 16.5. The Balaban J connectivity index is 2.18. The van der Waals surface area contributed by atoms with Gasteiger partial charge in [-0.3, -0.25) is 14.6 Å². The van der Waals surface area contributed by atoms with Crippen LogP contribution >= 0.6 is 0 Å². The maximum Gasteiger partial charge on any atom is 0.270 e. The number of methoxy groups -OCH3 is 2. The fourth-order valence-corrected chi connectivity index (χ4v) is 2.19. The Kier molecular flexibility index (Phi) is 6.54. The Labute approximate surface area is 152 Å². The summed E-state index contributed by atoms with van der Waals surface area (Å²) < 4.78 is 10.4. The second-order valence-corrected chi connectivity index (χ2v) is 5.73. The van der Waals surface area contributed by atoms with Gasteiger partial charge in [-0.05, 0) is 37.6 Å². The van der Waals surface area contributed by atoms with Gasteiger partial charge >= 0.3 is 0 Å². The van der Waals surface area contributed by atoms with E-state index in [-0.39, 0.29) is 23.6 Å². The van der Waals surface area contributed by atoms with E-state index in [4.69, 9.17) is 9.47 Å². The zero-order valence-corrected chi connectivity index (χ0v) is 15.3. The molecule has 0 aliphatic carbocycles. The number of nitrogens with zero attached hydrogens (tertiary/aromatic N) is 1. The van der Waals surface area contributed by atoms with Crippen LogP contribution in [0.15, 0.2) is 36.5 Å². The smallest absolute Gasteiger partial charge is 0.270 e. The van der Waals surface area contributed by atoms with E-state index >= 15 is 0 Å². The molecule has 2 aromatic rings. The third-order valence-corrected chi connectivity index (χ3v) is 3.90. The third kappa shape index (κ3) is 4.72. The number of ether oxygens (including phenoxy) is 2. The van der Waals surface area contributed by atoms with Crippen molar-refractivity contribution in [3.05, 3.63) is 47.8 Å². The summed E-state index contributed by atoms with van der Waals surface area (Å²) in [5, 5.41) is 5.59. The molecule has 1 heterocycles. The fraction of sp³-hybridized carbons (Fsp3) is 0.316. The van der Waals surface area contributed by atoms with Gasteiger partial charge in [0.15, 0.2) is 0 Å². The molecule has 0 bridgehead atoms. The van der Waals surface area contributed by atoms with Gasteiger partial charge in [-0.1, -0.05) is 6.92 Å². The summed E-state index contributed by atoms with van der Waals surface area (Å²) in [5.41, 5.74) is 1.02. The molecular weight excluding hydrogens is 334 g/mol. The second-order valence-electron chi connectivity index (χ2n) is 5.73. The van der Waals surface area contributed by atoms with Crippen LogP contribution in [0.5, 0.6) is 11.5 Å². The lowest BCUT2D eigenvalue weighted by Gasteiger charge is -2.13. The van der Waals surface area contributed by atoms with Gasteiger partial charge < -0.3 is 20.1 Å². The van der Waals surface area contributed by atoms with Gasteiger partial charge in [-0.15, -0.1) is 0 Å². The largest absolute Gasteiger partial charge is 0.497 e. The van der Waals surface area contributed by atoms with Crippen molar-refractivity contribution >= 4 is 17.5 Å². The summed E-state index contributed by atoms with van der Waals surface area (Å²) in [7, 11) is 3.06. The Morgan fingerprint density at radius 3 is 2.54 bits per heavy atom. The molecule has 7 nitrogen and oxygen atoms in total. The zero-order valence-electron chi connectivity index (χ0n) is 15.3. The predicted octanol–water partition coefficient (Wildman–Crippen LogP) is 2.88. The Hall–Kier alpha value is -3.09. The molecule has 0 saturated carbocycles. The minimum atomic E-state index is -0.367. The second kappa shape index (κ2) is 8.84. The first kappa shape index (κ1) is 19.2.